The van der Waals surface area contributed by atoms with Crippen molar-refractivity contribution >= 4 is 15.7 Å². The maximum Gasteiger partial charge on any atom is 0.223 e. The standard InChI is InChI=1S/C21H24F2N2O4S/c22-15-4-5-16(17(23)12-15)18-13-24-19(29-18)6-7-20(26)25-10-11-30(27,28)21(14-25)8-2-1-3-9-21/h4-5,12-13H,1-3,6-11,14H2. The van der Waals surface area contributed by atoms with E-state index in [0.717, 1.165) is 31.4 Å². The fourth-order valence-corrected chi connectivity index (χ4v) is 6.62. The van der Waals surface area contributed by atoms with Gasteiger partial charge in [0.25, 0.3) is 0 Å². The van der Waals surface area contributed by atoms with Crippen LogP contribution in [0.15, 0.2) is 28.8 Å². The number of rotatable bonds is 4. The molecule has 30 heavy (non-hydrogen) atoms. The fraction of sp³-hybridized carbons (Fsp3) is 0.524. The minimum absolute atomic E-state index is 0.00569. The van der Waals surface area contributed by atoms with Crippen molar-refractivity contribution in [1.82, 2.24) is 9.88 Å². The van der Waals surface area contributed by atoms with Gasteiger partial charge >= 0.3 is 0 Å². The molecule has 0 N–H and O–H groups in total. The molecule has 1 amide bonds. The van der Waals surface area contributed by atoms with E-state index in [1.165, 1.54) is 12.3 Å². The van der Waals surface area contributed by atoms with Gasteiger partial charge in [-0.25, -0.2) is 22.2 Å². The smallest absolute Gasteiger partial charge is 0.223 e. The second-order valence-corrected chi connectivity index (χ2v) is 10.6. The number of hydrogen-bond acceptors (Lipinski definition) is 5. The Morgan fingerprint density at radius 2 is 1.97 bits per heavy atom. The Balaban J connectivity index is 1.40. The molecule has 2 aliphatic rings. The first-order chi connectivity index (χ1) is 14.3. The quantitative estimate of drug-likeness (QED) is 0.730. The molecule has 0 bridgehead atoms. The molecule has 1 aromatic carbocycles. The molecule has 2 fully saturated rings. The number of aromatic nitrogens is 1. The van der Waals surface area contributed by atoms with Crippen LogP contribution in [-0.2, 0) is 21.1 Å². The Kier molecular flexibility index (Phi) is 5.65. The zero-order valence-electron chi connectivity index (χ0n) is 16.6. The Bertz CT molecular complexity index is 1050. The van der Waals surface area contributed by atoms with Crippen molar-refractivity contribution in [2.24, 2.45) is 0 Å². The highest BCUT2D eigenvalue weighted by atomic mass is 32.2. The van der Waals surface area contributed by atoms with Gasteiger partial charge < -0.3 is 9.32 Å². The molecule has 162 valence electrons. The summed E-state index contributed by atoms with van der Waals surface area (Å²) in [5.41, 5.74) is 0.0990. The van der Waals surface area contributed by atoms with Crippen LogP contribution in [0.5, 0.6) is 0 Å². The summed E-state index contributed by atoms with van der Waals surface area (Å²) in [4.78, 5) is 18.5. The van der Waals surface area contributed by atoms with E-state index in [1.807, 2.05) is 0 Å². The highest BCUT2D eigenvalue weighted by molar-refractivity contribution is 7.92. The van der Waals surface area contributed by atoms with Crippen LogP contribution in [0.4, 0.5) is 8.78 Å². The van der Waals surface area contributed by atoms with Crippen molar-refractivity contribution in [2.75, 3.05) is 18.8 Å². The number of aryl methyl sites for hydroxylation is 1. The van der Waals surface area contributed by atoms with Crippen molar-refractivity contribution in [3.8, 4) is 11.3 Å². The summed E-state index contributed by atoms with van der Waals surface area (Å²) in [6, 6.07) is 3.18. The molecular weight excluding hydrogens is 414 g/mol. The minimum Gasteiger partial charge on any atom is -0.441 e. The van der Waals surface area contributed by atoms with Gasteiger partial charge in [0.2, 0.25) is 5.91 Å². The molecule has 1 aliphatic heterocycles. The van der Waals surface area contributed by atoms with Crippen LogP contribution >= 0.6 is 0 Å². The molecular formula is C21H24F2N2O4S. The molecule has 1 aromatic heterocycles. The first kappa shape index (κ1) is 21.0. The topological polar surface area (TPSA) is 80.5 Å². The molecule has 0 radical (unpaired) electrons. The lowest BCUT2D eigenvalue weighted by Crippen LogP contribution is -2.58. The average molecular weight is 438 g/mol. The third-order valence-corrected chi connectivity index (χ3v) is 8.77. The number of nitrogens with zero attached hydrogens (tertiary/aromatic N) is 2. The lowest BCUT2D eigenvalue weighted by Gasteiger charge is -2.44. The molecule has 9 heteroatoms. The van der Waals surface area contributed by atoms with Crippen LogP contribution < -0.4 is 0 Å². The summed E-state index contributed by atoms with van der Waals surface area (Å²) < 4.78 is 57.1. The SMILES string of the molecule is O=C(CCc1ncc(-c2ccc(F)cc2F)o1)N1CCS(=O)(=O)C2(CCCCC2)C1. The molecule has 0 atom stereocenters. The number of carbonyl (C=O) groups excluding carboxylic acids is 1. The number of amides is 1. The molecule has 1 spiro atoms. The van der Waals surface area contributed by atoms with E-state index in [9.17, 15) is 22.0 Å². The summed E-state index contributed by atoms with van der Waals surface area (Å²) in [5.74, 6) is -1.12. The number of carbonyl (C=O) groups is 1. The van der Waals surface area contributed by atoms with E-state index >= 15 is 0 Å². The second kappa shape index (κ2) is 8.09. The van der Waals surface area contributed by atoms with Crippen LogP contribution in [0.2, 0.25) is 0 Å². The van der Waals surface area contributed by atoms with E-state index in [4.69, 9.17) is 4.42 Å². The summed E-state index contributed by atoms with van der Waals surface area (Å²) in [6.45, 7) is 0.465. The zero-order chi connectivity index (χ0) is 21.4. The van der Waals surface area contributed by atoms with Crippen LogP contribution in [0.25, 0.3) is 11.3 Å². The van der Waals surface area contributed by atoms with Crippen LogP contribution in [0.1, 0.15) is 44.4 Å². The Hall–Kier alpha value is -2.29. The van der Waals surface area contributed by atoms with Crippen molar-refractivity contribution in [2.45, 2.75) is 49.7 Å². The summed E-state index contributed by atoms with van der Waals surface area (Å²) in [5, 5.41) is 0. The molecule has 4 rings (SSSR count). The van der Waals surface area contributed by atoms with Gasteiger partial charge in [-0.2, -0.15) is 0 Å². The van der Waals surface area contributed by atoms with Crippen molar-refractivity contribution in [3.05, 3.63) is 41.9 Å². The van der Waals surface area contributed by atoms with Gasteiger partial charge in [0, 0.05) is 32.0 Å². The van der Waals surface area contributed by atoms with E-state index in [2.05, 4.69) is 4.98 Å². The van der Waals surface area contributed by atoms with Crippen LogP contribution in [-0.4, -0.2) is 47.8 Å². The second-order valence-electron chi connectivity index (χ2n) is 8.12. The van der Waals surface area contributed by atoms with Gasteiger partial charge in [-0.05, 0) is 25.0 Å². The predicted molar refractivity (Wildman–Crippen MR) is 106 cm³/mol. The minimum atomic E-state index is -3.20. The monoisotopic (exact) mass is 438 g/mol. The first-order valence-electron chi connectivity index (χ1n) is 10.2. The summed E-state index contributed by atoms with van der Waals surface area (Å²) >= 11 is 0. The average Bonchev–Trinajstić information content (AvgIpc) is 3.18. The number of oxazole rings is 1. The maximum atomic E-state index is 13.9. The highest BCUT2D eigenvalue weighted by Gasteiger charge is 2.49. The van der Waals surface area contributed by atoms with Crippen LogP contribution in [0, 0.1) is 11.6 Å². The predicted octanol–water partition coefficient (Wildman–Crippen LogP) is 3.51. The van der Waals surface area contributed by atoms with Crippen molar-refractivity contribution < 1.29 is 26.4 Å². The van der Waals surface area contributed by atoms with E-state index in [-0.39, 0.29) is 54.8 Å². The molecule has 1 saturated heterocycles. The third kappa shape index (κ3) is 3.99. The van der Waals surface area contributed by atoms with Gasteiger partial charge in [0.15, 0.2) is 21.5 Å². The first-order valence-corrected chi connectivity index (χ1v) is 11.9. The van der Waals surface area contributed by atoms with Gasteiger partial charge in [0.1, 0.15) is 11.6 Å². The molecule has 1 saturated carbocycles. The van der Waals surface area contributed by atoms with Gasteiger partial charge in [-0.15, -0.1) is 0 Å². The number of hydrogen-bond donors (Lipinski definition) is 0. The summed E-state index contributed by atoms with van der Waals surface area (Å²) in [7, 11) is -3.20. The molecule has 1 aliphatic carbocycles. The Labute approximate surface area is 174 Å². The third-order valence-electron chi connectivity index (χ3n) is 6.19. The van der Waals surface area contributed by atoms with Crippen molar-refractivity contribution in [1.29, 1.82) is 0 Å². The highest BCUT2D eigenvalue weighted by Crippen LogP contribution is 2.39. The number of benzene rings is 1. The van der Waals surface area contributed by atoms with Gasteiger partial charge in [0.05, 0.1) is 22.3 Å². The van der Waals surface area contributed by atoms with E-state index in [1.54, 1.807) is 4.90 Å². The fourth-order valence-electron chi connectivity index (χ4n) is 4.46. The zero-order valence-corrected chi connectivity index (χ0v) is 17.4. The van der Waals surface area contributed by atoms with Gasteiger partial charge in [-0.1, -0.05) is 19.3 Å². The lowest BCUT2D eigenvalue weighted by molar-refractivity contribution is -0.131. The molecule has 0 unspecified atom stereocenters. The van der Waals surface area contributed by atoms with E-state index in [0.29, 0.717) is 12.8 Å². The lowest BCUT2D eigenvalue weighted by atomic mass is 9.87. The number of halogens is 2. The van der Waals surface area contributed by atoms with E-state index < -0.39 is 26.2 Å². The largest absolute Gasteiger partial charge is 0.441 e. The number of sulfone groups is 1. The van der Waals surface area contributed by atoms with Crippen molar-refractivity contribution in [3.63, 3.8) is 0 Å². The Morgan fingerprint density at radius 1 is 1.20 bits per heavy atom. The molecule has 2 aromatic rings. The maximum absolute atomic E-state index is 13.9. The van der Waals surface area contributed by atoms with Crippen LogP contribution in [0.3, 0.4) is 0 Å². The normalized spacial score (nSPS) is 20.4. The molecule has 6 nitrogen and oxygen atoms in total. The molecule has 2 heterocycles. The van der Waals surface area contributed by atoms with Gasteiger partial charge in [-0.3, -0.25) is 4.79 Å². The Morgan fingerprint density at radius 3 is 2.70 bits per heavy atom. The summed E-state index contributed by atoms with van der Waals surface area (Å²) in [6.07, 6.45) is 5.71.